The van der Waals surface area contributed by atoms with Crippen LogP contribution in [0.4, 0.5) is 10.1 Å². The second-order valence-corrected chi connectivity index (χ2v) is 14.2. The van der Waals surface area contributed by atoms with Gasteiger partial charge in [-0.25, -0.2) is 4.39 Å². The van der Waals surface area contributed by atoms with E-state index in [2.05, 4.69) is 17.2 Å². The average molecular weight is 635 g/mol. The first-order valence-corrected chi connectivity index (χ1v) is 15.6. The zero-order valence-corrected chi connectivity index (χ0v) is 26.8. The summed E-state index contributed by atoms with van der Waals surface area (Å²) in [6, 6.07) is 3.44. The smallest absolute Gasteiger partial charge is 0.243 e. The molecule has 3 amide bonds. The van der Waals surface area contributed by atoms with Crippen molar-refractivity contribution in [2.45, 2.75) is 83.4 Å². The summed E-state index contributed by atoms with van der Waals surface area (Å²) in [6.07, 6.45) is 7.62. The molecular weight excluding hydrogens is 592 g/mol. The lowest BCUT2D eigenvalue weighted by molar-refractivity contribution is -0.140. The Morgan fingerprint density at radius 3 is 2.53 bits per heavy atom. The van der Waals surface area contributed by atoms with E-state index in [1.165, 1.54) is 13.0 Å². The zero-order chi connectivity index (χ0) is 31.7. The second kappa shape index (κ2) is 13.1. The van der Waals surface area contributed by atoms with Crippen LogP contribution in [0.15, 0.2) is 53.6 Å². The Morgan fingerprint density at radius 2 is 1.93 bits per heavy atom. The number of likely N-dealkylation sites (tertiary alicyclic amines) is 1. The molecule has 1 saturated carbocycles. The van der Waals surface area contributed by atoms with Gasteiger partial charge in [0.1, 0.15) is 18.1 Å². The van der Waals surface area contributed by atoms with Gasteiger partial charge in [-0.05, 0) is 72.8 Å². The van der Waals surface area contributed by atoms with Crippen LogP contribution in [-0.4, -0.2) is 59.1 Å². The Balaban J connectivity index is 1.88. The molecule has 2 fully saturated rings. The lowest BCUT2D eigenvalue weighted by Crippen LogP contribution is -2.52. The van der Waals surface area contributed by atoms with Gasteiger partial charge < -0.3 is 20.6 Å². The summed E-state index contributed by atoms with van der Waals surface area (Å²) in [6.45, 7) is 11.4. The quantitative estimate of drug-likeness (QED) is 0.303. The number of aliphatic hydroxyl groups excluding tert-OH is 1. The third-order valence-corrected chi connectivity index (χ3v) is 9.41. The van der Waals surface area contributed by atoms with E-state index >= 15 is 0 Å². The number of allylic oxidation sites excluding steroid dienone is 4. The van der Waals surface area contributed by atoms with Crippen LogP contribution >= 0.6 is 23.2 Å². The molecule has 1 aliphatic carbocycles. The van der Waals surface area contributed by atoms with Crippen molar-refractivity contribution in [3.05, 3.63) is 64.2 Å². The first-order chi connectivity index (χ1) is 20.2. The molecule has 10 heteroatoms. The number of rotatable bonds is 8. The minimum Gasteiger partial charge on any atom is -0.393 e. The molecule has 4 atom stereocenters. The summed E-state index contributed by atoms with van der Waals surface area (Å²) < 4.78 is 13.0. The van der Waals surface area contributed by atoms with Crippen LogP contribution in [0, 0.1) is 17.3 Å². The highest BCUT2D eigenvalue weighted by molar-refractivity contribution is 6.31. The molecule has 1 saturated heterocycles. The molecule has 0 radical (unpaired) electrons. The fourth-order valence-electron chi connectivity index (χ4n) is 7.15. The Hall–Kier alpha value is -2.68. The molecule has 4 rings (SSSR count). The van der Waals surface area contributed by atoms with Gasteiger partial charge in [0.05, 0.1) is 12.1 Å². The number of amides is 3. The van der Waals surface area contributed by atoms with Gasteiger partial charge in [0.15, 0.2) is 0 Å². The van der Waals surface area contributed by atoms with Gasteiger partial charge >= 0.3 is 0 Å². The number of aliphatic hydroxyl groups is 1. The summed E-state index contributed by atoms with van der Waals surface area (Å²) in [4.78, 5) is 43.8. The zero-order valence-electron chi connectivity index (χ0n) is 25.3. The molecule has 7 nitrogen and oxygen atoms in total. The van der Waals surface area contributed by atoms with Crippen molar-refractivity contribution in [3.8, 4) is 0 Å². The SMILES string of the molecule is C=C(/C=C\C=C(\Cl)CF)[C@H]1[C@H](C(=O)NC[C@H]2CC[C@H](O)CC2)N(C(C)=O)[C@@H](CC(C)(C)C)[C@@]12C(=O)Nc1cc(Cl)ccc12. The van der Waals surface area contributed by atoms with E-state index in [0.29, 0.717) is 47.7 Å². The normalized spacial score (nSPS) is 29.2. The van der Waals surface area contributed by atoms with Crippen LogP contribution in [0.5, 0.6) is 0 Å². The first kappa shape index (κ1) is 33.2. The number of hydrogen-bond donors (Lipinski definition) is 3. The molecule has 3 N–H and O–H groups in total. The van der Waals surface area contributed by atoms with Crippen LogP contribution in [0.3, 0.4) is 0 Å². The number of alkyl halides is 1. The molecule has 3 aliphatic rings. The van der Waals surface area contributed by atoms with Crippen molar-refractivity contribution >= 4 is 46.6 Å². The van der Waals surface area contributed by atoms with Crippen molar-refractivity contribution < 1.29 is 23.9 Å². The summed E-state index contributed by atoms with van der Waals surface area (Å²) in [7, 11) is 0. The predicted octanol–water partition coefficient (Wildman–Crippen LogP) is 6.05. The summed E-state index contributed by atoms with van der Waals surface area (Å²) in [5, 5.41) is 16.4. The molecule has 0 bridgehead atoms. The van der Waals surface area contributed by atoms with Crippen LogP contribution in [0.2, 0.25) is 5.02 Å². The number of carbonyl (C=O) groups excluding carboxylic acids is 3. The molecule has 2 aliphatic heterocycles. The van der Waals surface area contributed by atoms with Crippen LogP contribution in [0.25, 0.3) is 0 Å². The molecule has 1 spiro atoms. The predicted molar refractivity (Wildman–Crippen MR) is 169 cm³/mol. The van der Waals surface area contributed by atoms with Crippen LogP contribution in [-0.2, 0) is 19.8 Å². The number of halogens is 3. The molecule has 1 aromatic carbocycles. The van der Waals surface area contributed by atoms with Crippen molar-refractivity contribution in [2.75, 3.05) is 18.5 Å². The molecular formula is C33H42Cl2FN3O4. The summed E-state index contributed by atoms with van der Waals surface area (Å²) >= 11 is 12.2. The number of nitrogens with one attached hydrogen (secondary N) is 2. The van der Waals surface area contributed by atoms with Crippen molar-refractivity contribution in [1.29, 1.82) is 0 Å². The van der Waals surface area contributed by atoms with E-state index in [-0.39, 0.29) is 40.2 Å². The van der Waals surface area contributed by atoms with Gasteiger partial charge in [0.25, 0.3) is 0 Å². The van der Waals surface area contributed by atoms with Crippen molar-refractivity contribution in [1.82, 2.24) is 10.2 Å². The third kappa shape index (κ3) is 6.71. The summed E-state index contributed by atoms with van der Waals surface area (Å²) in [5.41, 5.74) is -0.0696. The topological polar surface area (TPSA) is 98.7 Å². The molecule has 1 aromatic rings. The lowest BCUT2D eigenvalue weighted by atomic mass is 9.62. The number of anilines is 1. The Morgan fingerprint density at radius 1 is 1.26 bits per heavy atom. The average Bonchev–Trinajstić information content (AvgIpc) is 3.38. The lowest BCUT2D eigenvalue weighted by Gasteiger charge is -2.39. The number of benzene rings is 1. The van der Waals surface area contributed by atoms with E-state index in [1.54, 1.807) is 35.3 Å². The largest absolute Gasteiger partial charge is 0.393 e. The van der Waals surface area contributed by atoms with Crippen LogP contribution < -0.4 is 10.6 Å². The molecule has 0 aromatic heterocycles. The monoisotopic (exact) mass is 633 g/mol. The van der Waals surface area contributed by atoms with Gasteiger partial charge in [-0.15, -0.1) is 0 Å². The van der Waals surface area contributed by atoms with Crippen LogP contribution in [0.1, 0.15) is 65.4 Å². The van der Waals surface area contributed by atoms with Gasteiger partial charge in [-0.3, -0.25) is 14.4 Å². The number of nitrogens with zero attached hydrogens (tertiary/aromatic N) is 1. The standard InChI is InChI=1S/C33H42Cl2FN3O4/c1-19(7-6-8-23(35)17-36)28-29(30(42)37-18-21-9-12-24(41)13-10-21)39(20(2)40)27(16-32(3,4)5)33(28)25-14-11-22(34)15-26(25)38-31(33)43/h6-8,11,14-15,21,24,27-29,41H,1,9-10,12-13,16-18H2,2-5H3,(H,37,42)(H,38,43)/b7-6-,23-8+/t21-,24-,27-,28-,29+,33+/m0/s1. The molecule has 234 valence electrons. The highest BCUT2D eigenvalue weighted by Gasteiger charge is 2.69. The Kier molecular flexibility index (Phi) is 10.1. The van der Waals surface area contributed by atoms with Crippen molar-refractivity contribution in [3.63, 3.8) is 0 Å². The fraction of sp³-hybridized carbons (Fsp3) is 0.545. The minimum atomic E-state index is -1.36. The maximum absolute atomic E-state index is 14.4. The maximum atomic E-state index is 14.4. The van der Waals surface area contributed by atoms with Gasteiger partial charge in [-0.1, -0.05) is 68.8 Å². The highest BCUT2D eigenvalue weighted by atomic mass is 35.5. The minimum absolute atomic E-state index is 0.00773. The van der Waals surface area contributed by atoms with E-state index in [0.717, 1.165) is 12.8 Å². The highest BCUT2D eigenvalue weighted by Crippen LogP contribution is 2.58. The number of carbonyl (C=O) groups is 3. The van der Waals surface area contributed by atoms with E-state index in [4.69, 9.17) is 23.2 Å². The third-order valence-electron chi connectivity index (χ3n) is 8.95. The molecule has 2 heterocycles. The van der Waals surface area contributed by atoms with E-state index in [1.807, 2.05) is 20.8 Å². The van der Waals surface area contributed by atoms with Gasteiger partial charge in [0.2, 0.25) is 17.7 Å². The Labute approximate surface area is 263 Å². The summed E-state index contributed by atoms with van der Waals surface area (Å²) in [5.74, 6) is -1.69. The van der Waals surface area contributed by atoms with Gasteiger partial charge in [-0.2, -0.15) is 0 Å². The number of fused-ring (bicyclic) bond motifs is 2. The Bertz CT molecular complexity index is 1330. The molecule has 43 heavy (non-hydrogen) atoms. The van der Waals surface area contributed by atoms with E-state index in [9.17, 15) is 23.9 Å². The van der Waals surface area contributed by atoms with E-state index < -0.39 is 30.1 Å². The fourth-order valence-corrected chi connectivity index (χ4v) is 7.39. The molecule has 0 unspecified atom stereocenters. The number of hydrogen-bond acceptors (Lipinski definition) is 4. The first-order valence-electron chi connectivity index (χ1n) is 14.8. The van der Waals surface area contributed by atoms with Crippen molar-refractivity contribution in [2.24, 2.45) is 17.3 Å². The van der Waals surface area contributed by atoms with Gasteiger partial charge in [0, 0.05) is 35.1 Å². The second-order valence-electron chi connectivity index (χ2n) is 13.2. The maximum Gasteiger partial charge on any atom is 0.243 e.